The summed E-state index contributed by atoms with van der Waals surface area (Å²) in [4.78, 5) is 24.2. The van der Waals surface area contributed by atoms with E-state index in [0.717, 1.165) is 4.47 Å². The summed E-state index contributed by atoms with van der Waals surface area (Å²) in [5, 5.41) is 3.88. The molecule has 4 nitrogen and oxygen atoms in total. The van der Waals surface area contributed by atoms with Crippen LogP contribution in [0.15, 0.2) is 64.0 Å². The smallest absolute Gasteiger partial charge is 0.244 e. The fourth-order valence-corrected chi connectivity index (χ4v) is 2.87. The van der Waals surface area contributed by atoms with Crippen LogP contribution >= 0.6 is 27.5 Å². The van der Waals surface area contributed by atoms with Crippen LogP contribution in [0.2, 0.25) is 5.02 Å². The van der Waals surface area contributed by atoms with E-state index >= 15 is 0 Å². The molecule has 0 aliphatic carbocycles. The van der Waals surface area contributed by atoms with Crippen LogP contribution in [0, 0.1) is 0 Å². The number of nitrogens with one attached hydrogen (secondary N) is 1. The average Bonchev–Trinajstić information content (AvgIpc) is 2.52. The molecule has 6 heteroatoms. The number of anilines is 1. The van der Waals surface area contributed by atoms with Gasteiger partial charge in [-0.1, -0.05) is 23.7 Å². The molecule has 116 valence electrons. The third kappa shape index (κ3) is 3.46. The third-order valence-corrected chi connectivity index (χ3v) is 4.33. The number of para-hydroxylation sites is 1. The number of halogens is 2. The van der Waals surface area contributed by atoms with Gasteiger partial charge in [0.05, 0.1) is 11.2 Å². The largest absolute Gasteiger partial charge is 0.338 e. The van der Waals surface area contributed by atoms with Crippen molar-refractivity contribution in [3.05, 3.63) is 74.4 Å². The molecule has 1 N–H and O–H groups in total. The Kier molecular flexibility index (Phi) is 4.50. The molecule has 0 saturated carbocycles. The van der Waals surface area contributed by atoms with Crippen LogP contribution in [-0.4, -0.2) is 10.5 Å². The van der Waals surface area contributed by atoms with E-state index in [0.29, 0.717) is 21.6 Å². The van der Waals surface area contributed by atoms with Crippen molar-refractivity contribution in [3.8, 4) is 0 Å². The van der Waals surface area contributed by atoms with Gasteiger partial charge in [0.2, 0.25) is 5.91 Å². The Morgan fingerprint density at radius 3 is 2.74 bits per heavy atom. The molecule has 0 fully saturated rings. The van der Waals surface area contributed by atoms with Gasteiger partial charge in [0.15, 0.2) is 5.43 Å². The predicted octanol–water partition coefficient (Wildman–Crippen LogP) is 4.06. The van der Waals surface area contributed by atoms with Gasteiger partial charge in [-0.25, -0.2) is 0 Å². The number of carbonyl (C=O) groups is 1. The molecule has 3 rings (SSSR count). The van der Waals surface area contributed by atoms with Gasteiger partial charge in [-0.3, -0.25) is 9.59 Å². The first-order valence-electron chi connectivity index (χ1n) is 6.88. The zero-order valence-corrected chi connectivity index (χ0v) is 14.3. The summed E-state index contributed by atoms with van der Waals surface area (Å²) in [5.74, 6) is -0.193. The second-order valence-electron chi connectivity index (χ2n) is 5.00. The molecule has 0 unspecified atom stereocenters. The van der Waals surface area contributed by atoms with Crippen molar-refractivity contribution in [2.75, 3.05) is 5.32 Å². The first kappa shape index (κ1) is 15.8. The lowest BCUT2D eigenvalue weighted by atomic mass is 10.2. The van der Waals surface area contributed by atoms with E-state index in [1.54, 1.807) is 29.0 Å². The Hall–Kier alpha value is -2.11. The number of rotatable bonds is 3. The predicted molar refractivity (Wildman–Crippen MR) is 96.0 cm³/mol. The first-order chi connectivity index (χ1) is 11.0. The SMILES string of the molecule is O=C(Cn1ccc(=O)c2ccc(Cl)cc21)Nc1ccccc1Br. The summed E-state index contributed by atoms with van der Waals surface area (Å²) in [7, 11) is 0. The van der Waals surface area contributed by atoms with E-state index in [2.05, 4.69) is 21.2 Å². The molecular formula is C17H12BrClN2O2. The van der Waals surface area contributed by atoms with E-state index in [1.807, 2.05) is 24.3 Å². The highest BCUT2D eigenvalue weighted by Gasteiger charge is 2.09. The Balaban J connectivity index is 1.91. The second kappa shape index (κ2) is 6.56. The summed E-state index contributed by atoms with van der Waals surface area (Å²) in [6.07, 6.45) is 1.60. The van der Waals surface area contributed by atoms with Crippen molar-refractivity contribution in [1.82, 2.24) is 4.57 Å². The number of hydrogen-bond acceptors (Lipinski definition) is 2. The number of hydrogen-bond donors (Lipinski definition) is 1. The van der Waals surface area contributed by atoms with Crippen LogP contribution in [0.4, 0.5) is 5.69 Å². The number of carbonyl (C=O) groups excluding carboxylic acids is 1. The second-order valence-corrected chi connectivity index (χ2v) is 6.29. The van der Waals surface area contributed by atoms with E-state index in [4.69, 9.17) is 11.6 Å². The maximum absolute atomic E-state index is 12.3. The van der Waals surface area contributed by atoms with E-state index < -0.39 is 0 Å². The zero-order chi connectivity index (χ0) is 16.4. The van der Waals surface area contributed by atoms with Gasteiger partial charge in [0, 0.05) is 27.1 Å². The van der Waals surface area contributed by atoms with Gasteiger partial charge in [-0.05, 0) is 46.3 Å². The number of fused-ring (bicyclic) bond motifs is 1. The molecule has 0 aliphatic heterocycles. The Labute approximate surface area is 145 Å². The van der Waals surface area contributed by atoms with E-state index in [-0.39, 0.29) is 17.9 Å². The molecule has 3 aromatic rings. The quantitative estimate of drug-likeness (QED) is 0.732. The van der Waals surface area contributed by atoms with Crippen molar-refractivity contribution < 1.29 is 4.79 Å². The summed E-state index contributed by atoms with van der Waals surface area (Å²) in [6.45, 7) is 0.0818. The van der Waals surface area contributed by atoms with Gasteiger partial charge >= 0.3 is 0 Å². The molecular weight excluding hydrogens is 380 g/mol. The zero-order valence-electron chi connectivity index (χ0n) is 11.9. The fraction of sp³-hybridized carbons (Fsp3) is 0.0588. The maximum atomic E-state index is 12.3. The fourth-order valence-electron chi connectivity index (χ4n) is 2.32. The van der Waals surface area contributed by atoms with Gasteiger partial charge in [0.1, 0.15) is 6.54 Å². The van der Waals surface area contributed by atoms with Crippen molar-refractivity contribution >= 4 is 50.0 Å². The van der Waals surface area contributed by atoms with Crippen LogP contribution in [0.25, 0.3) is 10.9 Å². The van der Waals surface area contributed by atoms with E-state index in [9.17, 15) is 9.59 Å². The number of pyridine rings is 1. The summed E-state index contributed by atoms with van der Waals surface area (Å²) < 4.78 is 2.51. The van der Waals surface area contributed by atoms with Gasteiger partial charge < -0.3 is 9.88 Å². The van der Waals surface area contributed by atoms with Crippen LogP contribution in [-0.2, 0) is 11.3 Å². The van der Waals surface area contributed by atoms with Gasteiger partial charge in [-0.2, -0.15) is 0 Å². The molecule has 23 heavy (non-hydrogen) atoms. The van der Waals surface area contributed by atoms with Gasteiger partial charge in [-0.15, -0.1) is 0 Å². The minimum atomic E-state index is -0.193. The minimum Gasteiger partial charge on any atom is -0.338 e. The van der Waals surface area contributed by atoms with Crippen LogP contribution in [0.3, 0.4) is 0 Å². The van der Waals surface area contributed by atoms with Crippen LogP contribution < -0.4 is 10.7 Å². The standard InChI is InChI=1S/C17H12BrClN2O2/c18-13-3-1-2-4-14(13)20-17(23)10-21-8-7-16(22)12-6-5-11(19)9-15(12)21/h1-9H,10H2,(H,20,23). The van der Waals surface area contributed by atoms with Crippen molar-refractivity contribution in [1.29, 1.82) is 0 Å². The highest BCUT2D eigenvalue weighted by molar-refractivity contribution is 9.10. The molecule has 0 aliphatic rings. The lowest BCUT2D eigenvalue weighted by Gasteiger charge is -2.12. The summed E-state index contributed by atoms with van der Waals surface area (Å²) >= 11 is 9.40. The Morgan fingerprint density at radius 1 is 1.17 bits per heavy atom. The normalized spacial score (nSPS) is 10.7. The minimum absolute atomic E-state index is 0.0818. The van der Waals surface area contributed by atoms with Crippen molar-refractivity contribution in [3.63, 3.8) is 0 Å². The number of amides is 1. The number of nitrogens with zero attached hydrogens (tertiary/aromatic N) is 1. The average molecular weight is 392 g/mol. The third-order valence-electron chi connectivity index (χ3n) is 3.40. The van der Waals surface area contributed by atoms with Crippen LogP contribution in [0.5, 0.6) is 0 Å². The van der Waals surface area contributed by atoms with Crippen molar-refractivity contribution in [2.45, 2.75) is 6.54 Å². The molecule has 0 radical (unpaired) electrons. The highest BCUT2D eigenvalue weighted by Crippen LogP contribution is 2.21. The molecule has 0 spiro atoms. The lowest BCUT2D eigenvalue weighted by molar-refractivity contribution is -0.116. The molecule has 2 aromatic carbocycles. The maximum Gasteiger partial charge on any atom is 0.244 e. The Morgan fingerprint density at radius 2 is 1.96 bits per heavy atom. The molecule has 1 heterocycles. The molecule has 0 saturated heterocycles. The highest BCUT2D eigenvalue weighted by atomic mass is 79.9. The lowest BCUT2D eigenvalue weighted by Crippen LogP contribution is -2.20. The molecule has 1 amide bonds. The molecule has 0 atom stereocenters. The number of aromatic nitrogens is 1. The van der Waals surface area contributed by atoms with Crippen LogP contribution in [0.1, 0.15) is 0 Å². The number of benzene rings is 2. The summed E-state index contributed by atoms with van der Waals surface area (Å²) in [5.41, 5.74) is 1.23. The Bertz CT molecular complexity index is 953. The summed E-state index contributed by atoms with van der Waals surface area (Å²) in [6, 6.07) is 13.8. The first-order valence-corrected chi connectivity index (χ1v) is 8.05. The van der Waals surface area contributed by atoms with Crippen molar-refractivity contribution in [2.24, 2.45) is 0 Å². The topological polar surface area (TPSA) is 51.1 Å². The monoisotopic (exact) mass is 390 g/mol. The van der Waals surface area contributed by atoms with Gasteiger partial charge in [0.25, 0.3) is 0 Å². The van der Waals surface area contributed by atoms with E-state index in [1.165, 1.54) is 6.07 Å². The molecule has 0 bridgehead atoms. The molecule has 1 aromatic heterocycles.